The van der Waals surface area contributed by atoms with Gasteiger partial charge in [0.2, 0.25) is 5.89 Å². The van der Waals surface area contributed by atoms with Crippen LogP contribution >= 0.6 is 0 Å². The van der Waals surface area contributed by atoms with Crippen LogP contribution < -0.4 is 11.1 Å². The molecule has 26 heavy (non-hydrogen) atoms. The van der Waals surface area contributed by atoms with Gasteiger partial charge in [-0.25, -0.2) is 9.78 Å². The van der Waals surface area contributed by atoms with Crippen molar-refractivity contribution in [1.29, 1.82) is 5.41 Å². The molecule has 0 saturated heterocycles. The molecule has 0 fully saturated rings. The van der Waals surface area contributed by atoms with E-state index in [9.17, 15) is 4.79 Å². The minimum Gasteiger partial charge on any atom is -0.478 e. The predicted octanol–water partition coefficient (Wildman–Crippen LogP) is 3.41. The lowest BCUT2D eigenvalue weighted by atomic mass is 10.1. The van der Waals surface area contributed by atoms with E-state index in [1.165, 1.54) is 6.08 Å². The number of aliphatic carboxylic acids is 1. The Kier molecular flexibility index (Phi) is 4.80. The van der Waals surface area contributed by atoms with Gasteiger partial charge >= 0.3 is 5.97 Å². The third kappa shape index (κ3) is 4.15. The maximum Gasteiger partial charge on any atom is 0.328 e. The number of nitrogens with zero attached hydrogens (tertiary/aromatic N) is 1. The van der Waals surface area contributed by atoms with Gasteiger partial charge in [-0.2, -0.15) is 0 Å². The van der Waals surface area contributed by atoms with Crippen molar-refractivity contribution >= 4 is 23.7 Å². The molecular formula is C19H16N4O3. The van der Waals surface area contributed by atoms with Crippen LogP contribution in [0.2, 0.25) is 0 Å². The lowest BCUT2D eigenvalue weighted by Gasteiger charge is -2.04. The van der Waals surface area contributed by atoms with E-state index >= 15 is 0 Å². The summed E-state index contributed by atoms with van der Waals surface area (Å²) < 4.78 is 5.55. The van der Waals surface area contributed by atoms with Gasteiger partial charge in [-0.3, -0.25) is 5.41 Å². The van der Waals surface area contributed by atoms with Crippen LogP contribution in [0.5, 0.6) is 0 Å². The molecule has 0 saturated carbocycles. The standard InChI is InChI=1S/C19H16N4O3/c20-19(21)22-15-3-1-2-14(10-15)16-11-26-18(23-16)13-7-4-12(5-8-13)6-9-17(24)25/h1-11H,(H,24,25)(H4,20,21,22)/b9-6+. The smallest absolute Gasteiger partial charge is 0.328 e. The van der Waals surface area contributed by atoms with E-state index in [-0.39, 0.29) is 5.96 Å². The number of carboxylic acid groups (broad SMARTS) is 1. The number of hydrogen-bond donors (Lipinski definition) is 4. The molecule has 0 aliphatic rings. The van der Waals surface area contributed by atoms with Crippen molar-refractivity contribution in [1.82, 2.24) is 4.98 Å². The van der Waals surface area contributed by atoms with Crippen molar-refractivity contribution in [3.8, 4) is 22.7 Å². The SMILES string of the molecule is N=C(N)Nc1cccc(-c2coc(-c3ccc(/C=C/C(=O)O)cc3)n2)c1. The van der Waals surface area contributed by atoms with E-state index in [4.69, 9.17) is 20.7 Å². The second-order valence-corrected chi connectivity index (χ2v) is 5.45. The summed E-state index contributed by atoms with van der Waals surface area (Å²) in [4.78, 5) is 15.0. The van der Waals surface area contributed by atoms with E-state index in [0.29, 0.717) is 17.3 Å². The van der Waals surface area contributed by atoms with Gasteiger partial charge in [0.05, 0.1) is 0 Å². The van der Waals surface area contributed by atoms with Gasteiger partial charge in [0.25, 0.3) is 0 Å². The lowest BCUT2D eigenvalue weighted by molar-refractivity contribution is -0.131. The van der Waals surface area contributed by atoms with Gasteiger partial charge < -0.3 is 20.6 Å². The number of nitrogens with one attached hydrogen (secondary N) is 2. The van der Waals surface area contributed by atoms with Crippen molar-refractivity contribution in [3.63, 3.8) is 0 Å². The number of carbonyl (C=O) groups is 1. The average molecular weight is 348 g/mol. The second-order valence-electron chi connectivity index (χ2n) is 5.45. The Balaban J connectivity index is 1.81. The molecule has 0 bridgehead atoms. The predicted molar refractivity (Wildman–Crippen MR) is 99.6 cm³/mol. The number of guanidine groups is 1. The highest BCUT2D eigenvalue weighted by Gasteiger charge is 2.09. The quantitative estimate of drug-likeness (QED) is 0.318. The summed E-state index contributed by atoms with van der Waals surface area (Å²) in [5.74, 6) is -0.674. The van der Waals surface area contributed by atoms with Gasteiger partial charge in [-0.15, -0.1) is 0 Å². The van der Waals surface area contributed by atoms with Crippen LogP contribution in [0.4, 0.5) is 5.69 Å². The number of aromatic nitrogens is 1. The molecule has 0 aliphatic heterocycles. The maximum absolute atomic E-state index is 10.5. The topological polar surface area (TPSA) is 125 Å². The summed E-state index contributed by atoms with van der Waals surface area (Å²) in [6.07, 6.45) is 4.15. The molecule has 1 heterocycles. The Morgan fingerprint density at radius 3 is 2.65 bits per heavy atom. The number of anilines is 1. The first-order valence-electron chi connectivity index (χ1n) is 7.70. The summed E-state index contributed by atoms with van der Waals surface area (Å²) in [6, 6.07) is 14.5. The molecule has 5 N–H and O–H groups in total. The van der Waals surface area contributed by atoms with Crippen LogP contribution in [0.1, 0.15) is 5.56 Å². The van der Waals surface area contributed by atoms with Crippen LogP contribution in [0.3, 0.4) is 0 Å². The zero-order chi connectivity index (χ0) is 18.5. The third-order valence-electron chi connectivity index (χ3n) is 3.52. The molecule has 0 amide bonds. The zero-order valence-electron chi connectivity index (χ0n) is 13.6. The zero-order valence-corrected chi connectivity index (χ0v) is 13.6. The first-order chi connectivity index (χ1) is 12.5. The van der Waals surface area contributed by atoms with Crippen LogP contribution in [-0.4, -0.2) is 22.0 Å². The van der Waals surface area contributed by atoms with Crippen LogP contribution in [-0.2, 0) is 4.79 Å². The van der Waals surface area contributed by atoms with Crippen molar-refractivity contribution < 1.29 is 14.3 Å². The molecule has 1 aromatic heterocycles. The molecule has 2 aromatic carbocycles. The monoisotopic (exact) mass is 348 g/mol. The third-order valence-corrected chi connectivity index (χ3v) is 3.52. The van der Waals surface area contributed by atoms with E-state index in [1.54, 1.807) is 24.5 Å². The number of benzene rings is 2. The Morgan fingerprint density at radius 1 is 1.19 bits per heavy atom. The number of oxazole rings is 1. The minimum atomic E-state index is -0.993. The second kappa shape index (κ2) is 7.35. The molecule has 7 nitrogen and oxygen atoms in total. The Labute approximate surface area is 149 Å². The molecule has 0 radical (unpaired) electrons. The van der Waals surface area contributed by atoms with Gasteiger partial charge in [-0.1, -0.05) is 24.3 Å². The maximum atomic E-state index is 10.5. The Hall–Kier alpha value is -3.87. The largest absolute Gasteiger partial charge is 0.478 e. The van der Waals surface area contributed by atoms with E-state index in [0.717, 1.165) is 22.8 Å². The number of carboxylic acids is 1. The lowest BCUT2D eigenvalue weighted by Crippen LogP contribution is -2.20. The van der Waals surface area contributed by atoms with Crippen molar-refractivity contribution in [2.24, 2.45) is 5.73 Å². The summed E-state index contributed by atoms with van der Waals surface area (Å²) in [6.45, 7) is 0. The molecular weight excluding hydrogens is 332 g/mol. The Morgan fingerprint density at radius 2 is 1.96 bits per heavy atom. The van der Waals surface area contributed by atoms with Crippen LogP contribution in [0.15, 0.2) is 65.3 Å². The van der Waals surface area contributed by atoms with E-state index in [1.807, 2.05) is 30.3 Å². The first-order valence-corrected chi connectivity index (χ1v) is 7.70. The summed E-state index contributed by atoms with van der Waals surface area (Å²) in [5, 5.41) is 18.7. The fourth-order valence-electron chi connectivity index (χ4n) is 2.36. The average Bonchev–Trinajstić information content (AvgIpc) is 3.10. The van der Waals surface area contributed by atoms with Crippen LogP contribution in [0.25, 0.3) is 28.8 Å². The van der Waals surface area contributed by atoms with E-state index in [2.05, 4.69) is 10.3 Å². The van der Waals surface area contributed by atoms with Crippen LogP contribution in [0, 0.1) is 5.41 Å². The number of rotatable bonds is 5. The molecule has 0 spiro atoms. The van der Waals surface area contributed by atoms with Crippen molar-refractivity contribution in [2.45, 2.75) is 0 Å². The fraction of sp³-hybridized carbons (Fsp3) is 0. The molecule has 3 aromatic rings. The highest BCUT2D eigenvalue weighted by molar-refractivity contribution is 5.90. The van der Waals surface area contributed by atoms with Gasteiger partial charge in [-0.05, 0) is 35.9 Å². The highest BCUT2D eigenvalue weighted by atomic mass is 16.4. The van der Waals surface area contributed by atoms with Crippen molar-refractivity contribution in [3.05, 3.63) is 66.4 Å². The molecule has 7 heteroatoms. The number of hydrogen-bond acceptors (Lipinski definition) is 4. The molecule has 3 rings (SSSR count). The fourth-order valence-corrected chi connectivity index (χ4v) is 2.36. The molecule has 0 unspecified atom stereocenters. The molecule has 130 valence electrons. The van der Waals surface area contributed by atoms with Gasteiger partial charge in [0, 0.05) is 22.9 Å². The minimum absolute atomic E-state index is 0.139. The summed E-state index contributed by atoms with van der Waals surface area (Å²) in [5.41, 5.74) is 9.06. The Bertz CT molecular complexity index is 974. The summed E-state index contributed by atoms with van der Waals surface area (Å²) in [7, 11) is 0. The summed E-state index contributed by atoms with van der Waals surface area (Å²) >= 11 is 0. The first kappa shape index (κ1) is 17.0. The van der Waals surface area contributed by atoms with Gasteiger partial charge in [0.1, 0.15) is 12.0 Å². The van der Waals surface area contributed by atoms with Gasteiger partial charge in [0.15, 0.2) is 5.96 Å². The van der Waals surface area contributed by atoms with E-state index < -0.39 is 5.97 Å². The van der Waals surface area contributed by atoms with Crippen molar-refractivity contribution in [2.75, 3.05) is 5.32 Å². The normalized spacial score (nSPS) is 10.8. The molecule has 0 atom stereocenters. The highest BCUT2D eigenvalue weighted by Crippen LogP contribution is 2.26. The molecule has 0 aliphatic carbocycles. The number of nitrogens with two attached hydrogens (primary N) is 1.